The van der Waals surface area contributed by atoms with Gasteiger partial charge in [0.1, 0.15) is 17.4 Å². The molecular formula is C28H31ClFN4O4. The number of primary amides is 1. The summed E-state index contributed by atoms with van der Waals surface area (Å²) < 4.78 is 13.2. The Kier molecular flexibility index (Phi) is 9.63. The van der Waals surface area contributed by atoms with Crippen molar-refractivity contribution in [1.29, 1.82) is 0 Å². The molecule has 2 aromatic rings. The maximum atomic E-state index is 13.9. The quantitative estimate of drug-likeness (QED) is 0.426. The van der Waals surface area contributed by atoms with Gasteiger partial charge in [-0.1, -0.05) is 41.9 Å². The molecule has 1 saturated heterocycles. The number of carbonyl (C=O) groups is 4. The number of nitrogens with zero attached hydrogens (tertiary/aromatic N) is 2. The van der Waals surface area contributed by atoms with Crippen molar-refractivity contribution in [3.63, 3.8) is 0 Å². The predicted molar refractivity (Wildman–Crippen MR) is 142 cm³/mol. The fourth-order valence-corrected chi connectivity index (χ4v) is 4.64. The van der Waals surface area contributed by atoms with E-state index in [2.05, 4.69) is 11.9 Å². The van der Waals surface area contributed by atoms with Gasteiger partial charge in [-0.2, -0.15) is 0 Å². The van der Waals surface area contributed by atoms with Crippen LogP contribution in [0.3, 0.4) is 0 Å². The van der Waals surface area contributed by atoms with E-state index in [0.29, 0.717) is 10.6 Å². The lowest BCUT2D eigenvalue weighted by atomic mass is 9.86. The van der Waals surface area contributed by atoms with Crippen molar-refractivity contribution in [3.05, 3.63) is 89.6 Å². The largest absolute Gasteiger partial charge is 0.370 e. The molecule has 1 fully saturated rings. The minimum Gasteiger partial charge on any atom is -0.370 e. The molecule has 8 nitrogen and oxygen atoms in total. The van der Waals surface area contributed by atoms with E-state index in [9.17, 15) is 23.6 Å². The standard InChI is InChI=1S/C28H31ClFN4O4/c1-3-16-32-27(38)28(2,20-7-9-21(29)10-8-20)34-18-17-33(23(26(34)37)13-14-24(31)35)25(36)15-6-19-4-11-22(30)12-5-19/h3-5,7-12,15,23H,1,6,13-14,16-18H2,2H3,(H2,31,35)(H,32,38)/t23-,28+/m0/s1. The molecular weight excluding hydrogens is 511 g/mol. The molecule has 3 rings (SSSR count). The minimum atomic E-state index is -1.43. The van der Waals surface area contributed by atoms with Gasteiger partial charge >= 0.3 is 0 Å². The van der Waals surface area contributed by atoms with Gasteiger partial charge in [-0.15, -0.1) is 6.58 Å². The lowest BCUT2D eigenvalue weighted by Gasteiger charge is -2.48. The van der Waals surface area contributed by atoms with Gasteiger partial charge in [0.05, 0.1) is 6.42 Å². The summed E-state index contributed by atoms with van der Waals surface area (Å²) in [6.45, 7) is 5.66. The van der Waals surface area contributed by atoms with Crippen LogP contribution >= 0.6 is 11.6 Å². The summed E-state index contributed by atoms with van der Waals surface area (Å²) in [5.74, 6) is -2.30. The molecule has 1 aliphatic rings. The van der Waals surface area contributed by atoms with E-state index in [1.54, 1.807) is 43.3 Å². The second kappa shape index (κ2) is 12.7. The molecule has 0 aliphatic carbocycles. The topological polar surface area (TPSA) is 113 Å². The van der Waals surface area contributed by atoms with Crippen molar-refractivity contribution in [2.75, 3.05) is 19.6 Å². The number of carbonyl (C=O) groups excluding carboxylic acids is 4. The molecule has 2 atom stereocenters. The molecule has 1 radical (unpaired) electrons. The maximum absolute atomic E-state index is 13.9. The molecule has 4 amide bonds. The van der Waals surface area contributed by atoms with E-state index >= 15 is 0 Å². The Morgan fingerprint density at radius 3 is 2.42 bits per heavy atom. The first kappa shape index (κ1) is 28.8. The lowest BCUT2D eigenvalue weighted by Crippen LogP contribution is -2.66. The summed E-state index contributed by atoms with van der Waals surface area (Å²) >= 11 is 6.06. The number of amides is 4. The van der Waals surface area contributed by atoms with E-state index < -0.39 is 35.2 Å². The van der Waals surface area contributed by atoms with Gasteiger partial charge in [0.25, 0.3) is 5.91 Å². The first-order chi connectivity index (χ1) is 18.1. The number of nitrogens with one attached hydrogen (secondary N) is 1. The fourth-order valence-electron chi connectivity index (χ4n) is 4.52. The van der Waals surface area contributed by atoms with Crippen LogP contribution < -0.4 is 11.1 Å². The van der Waals surface area contributed by atoms with Crippen molar-refractivity contribution >= 4 is 35.2 Å². The first-order valence-corrected chi connectivity index (χ1v) is 12.6. The molecule has 201 valence electrons. The monoisotopic (exact) mass is 541 g/mol. The van der Waals surface area contributed by atoms with E-state index in [1.165, 1.54) is 34.4 Å². The van der Waals surface area contributed by atoms with Crippen LogP contribution in [0, 0.1) is 12.2 Å². The SMILES string of the molecule is C=CCNC(=O)[C@@](C)(c1ccc(Cl)cc1)N1CCN(C(=O)[CH]Cc2ccc(F)cc2)[C@@H](CCC(N)=O)C1=O. The average Bonchev–Trinajstić information content (AvgIpc) is 2.90. The van der Waals surface area contributed by atoms with E-state index in [-0.39, 0.29) is 44.7 Å². The van der Waals surface area contributed by atoms with E-state index in [1.807, 2.05) is 0 Å². The molecule has 0 saturated carbocycles. The number of rotatable bonds is 11. The van der Waals surface area contributed by atoms with Crippen molar-refractivity contribution in [1.82, 2.24) is 15.1 Å². The highest BCUT2D eigenvalue weighted by molar-refractivity contribution is 6.30. The normalized spacial score (nSPS) is 17.0. The van der Waals surface area contributed by atoms with Gasteiger partial charge in [0.15, 0.2) is 0 Å². The number of piperazine rings is 1. The summed E-state index contributed by atoms with van der Waals surface area (Å²) in [6.07, 6.45) is 3.08. The highest BCUT2D eigenvalue weighted by Crippen LogP contribution is 2.33. The molecule has 3 N–H and O–H groups in total. The molecule has 38 heavy (non-hydrogen) atoms. The van der Waals surface area contributed by atoms with E-state index in [4.69, 9.17) is 17.3 Å². The zero-order valence-electron chi connectivity index (χ0n) is 21.2. The van der Waals surface area contributed by atoms with Gasteiger partial charge < -0.3 is 20.9 Å². The molecule has 0 unspecified atom stereocenters. The summed E-state index contributed by atoms with van der Waals surface area (Å²) in [5.41, 5.74) is 5.20. The Morgan fingerprint density at radius 1 is 1.16 bits per heavy atom. The minimum absolute atomic E-state index is 0.00572. The Bertz CT molecular complexity index is 1190. The second-order valence-electron chi connectivity index (χ2n) is 9.15. The van der Waals surface area contributed by atoms with Crippen LogP contribution in [0.25, 0.3) is 0 Å². The third-order valence-corrected chi connectivity index (χ3v) is 6.91. The van der Waals surface area contributed by atoms with Crippen LogP contribution in [-0.4, -0.2) is 59.1 Å². The van der Waals surface area contributed by atoms with Crippen molar-refractivity contribution in [2.24, 2.45) is 5.73 Å². The van der Waals surface area contributed by atoms with Crippen molar-refractivity contribution < 1.29 is 23.6 Å². The Labute approximate surface area is 226 Å². The highest BCUT2D eigenvalue weighted by atomic mass is 35.5. The van der Waals surface area contributed by atoms with Crippen molar-refractivity contribution in [3.8, 4) is 0 Å². The summed E-state index contributed by atoms with van der Waals surface area (Å²) in [6, 6.07) is 11.4. The molecule has 0 bridgehead atoms. The van der Waals surface area contributed by atoms with Crippen molar-refractivity contribution in [2.45, 2.75) is 37.8 Å². The Hall–Kier alpha value is -3.72. The summed E-state index contributed by atoms with van der Waals surface area (Å²) in [5, 5.41) is 3.25. The van der Waals surface area contributed by atoms with Gasteiger partial charge in [0.2, 0.25) is 17.7 Å². The average molecular weight is 542 g/mol. The fraction of sp³-hybridized carbons (Fsp3) is 0.321. The van der Waals surface area contributed by atoms with E-state index in [0.717, 1.165) is 5.56 Å². The van der Waals surface area contributed by atoms with Crippen LogP contribution in [-0.2, 0) is 31.1 Å². The third-order valence-electron chi connectivity index (χ3n) is 6.66. The first-order valence-electron chi connectivity index (χ1n) is 12.2. The van der Waals surface area contributed by atoms with Gasteiger partial charge in [-0.3, -0.25) is 19.2 Å². The van der Waals surface area contributed by atoms with Gasteiger partial charge in [-0.05, 0) is 55.2 Å². The number of nitrogens with two attached hydrogens (primary N) is 1. The predicted octanol–water partition coefficient (Wildman–Crippen LogP) is 2.75. The highest BCUT2D eigenvalue weighted by Gasteiger charge is 2.49. The molecule has 1 heterocycles. The van der Waals surface area contributed by atoms with Crippen LogP contribution in [0.4, 0.5) is 4.39 Å². The number of benzene rings is 2. The maximum Gasteiger partial charge on any atom is 0.250 e. The van der Waals surface area contributed by atoms with Gasteiger partial charge in [0, 0.05) is 31.1 Å². The summed E-state index contributed by atoms with van der Waals surface area (Å²) in [7, 11) is 0. The van der Waals surface area contributed by atoms with Gasteiger partial charge in [-0.25, -0.2) is 4.39 Å². The lowest BCUT2D eigenvalue weighted by molar-refractivity contribution is -0.161. The molecule has 10 heteroatoms. The number of hydrogen-bond acceptors (Lipinski definition) is 4. The molecule has 1 aliphatic heterocycles. The second-order valence-corrected chi connectivity index (χ2v) is 9.59. The Balaban J connectivity index is 1.90. The van der Waals surface area contributed by atoms with Crippen LogP contribution in [0.2, 0.25) is 5.02 Å². The Morgan fingerprint density at radius 2 is 1.82 bits per heavy atom. The molecule has 0 aromatic heterocycles. The third kappa shape index (κ3) is 6.58. The number of halogens is 2. The van der Waals surface area contributed by atoms with Crippen LogP contribution in [0.1, 0.15) is 30.9 Å². The molecule has 0 spiro atoms. The summed E-state index contributed by atoms with van der Waals surface area (Å²) in [4.78, 5) is 55.0. The number of hydrogen-bond donors (Lipinski definition) is 2. The zero-order chi connectivity index (χ0) is 27.9. The smallest absolute Gasteiger partial charge is 0.250 e. The van der Waals surface area contributed by atoms with Crippen LogP contribution in [0.5, 0.6) is 0 Å². The molecule has 2 aromatic carbocycles. The van der Waals surface area contributed by atoms with Crippen LogP contribution in [0.15, 0.2) is 61.2 Å². The zero-order valence-corrected chi connectivity index (χ0v) is 21.9.